The molecule has 0 amide bonds. The molecule has 0 saturated carbocycles. The van der Waals surface area contributed by atoms with E-state index in [0.29, 0.717) is 5.15 Å². The molecular weight excluding hydrogens is 320 g/mol. The quantitative estimate of drug-likeness (QED) is 0.476. The van der Waals surface area contributed by atoms with Crippen LogP contribution in [0.1, 0.15) is 37.6 Å². The predicted octanol–water partition coefficient (Wildman–Crippen LogP) is 3.63. The normalized spacial score (nSPS) is 18.3. The zero-order valence-corrected chi connectivity index (χ0v) is 14.8. The van der Waals surface area contributed by atoms with Crippen molar-refractivity contribution in [1.82, 2.24) is 15.0 Å². The van der Waals surface area contributed by atoms with Crippen LogP contribution in [0.15, 0.2) is 6.33 Å². The first-order valence-corrected chi connectivity index (χ1v) is 8.59. The van der Waals surface area contributed by atoms with E-state index >= 15 is 0 Å². The summed E-state index contributed by atoms with van der Waals surface area (Å²) in [5.74, 6) is 0. The van der Waals surface area contributed by atoms with Crippen LogP contribution in [0.3, 0.4) is 0 Å². The van der Waals surface area contributed by atoms with Crippen LogP contribution in [0.2, 0.25) is 5.15 Å². The third kappa shape index (κ3) is 2.58. The Morgan fingerprint density at radius 3 is 2.82 bits per heavy atom. The Kier molecular flexibility index (Phi) is 3.85. The molecule has 2 aromatic heterocycles. The summed E-state index contributed by atoms with van der Waals surface area (Å²) in [4.78, 5) is 24.3. The van der Waals surface area contributed by atoms with Gasteiger partial charge in [0, 0.05) is 11.3 Å². The molecule has 0 saturated heterocycles. The molecule has 0 N–H and O–H groups in total. The van der Waals surface area contributed by atoms with E-state index in [1.54, 1.807) is 16.3 Å². The monoisotopic (exact) mass is 339 g/mol. The number of hydrogen-bond acceptors (Lipinski definition) is 4. The molecule has 7 heteroatoms. The average molecular weight is 340 g/mol. The smallest absolute Gasteiger partial charge is 0.225 e. The summed E-state index contributed by atoms with van der Waals surface area (Å²) < 4.78 is 0. The highest BCUT2D eigenvalue weighted by Gasteiger charge is 2.39. The third-order valence-corrected chi connectivity index (χ3v) is 5.80. The van der Waals surface area contributed by atoms with Crippen molar-refractivity contribution in [1.29, 1.82) is 0 Å². The Hall–Kier alpha value is -1.27. The maximum absolute atomic E-state index is 12.6. The molecule has 1 aliphatic carbocycles. The Morgan fingerprint density at radius 2 is 2.14 bits per heavy atom. The van der Waals surface area contributed by atoms with Crippen LogP contribution >= 0.6 is 22.9 Å². The molecule has 1 aliphatic rings. The van der Waals surface area contributed by atoms with Crippen LogP contribution in [-0.2, 0) is 12.8 Å². The van der Waals surface area contributed by atoms with Crippen molar-refractivity contribution >= 4 is 33.2 Å². The highest BCUT2D eigenvalue weighted by molar-refractivity contribution is 7.19. The highest BCUT2D eigenvalue weighted by Crippen LogP contribution is 2.38. The maximum Gasteiger partial charge on any atom is 0.239 e. The molecule has 0 aliphatic heterocycles. The van der Waals surface area contributed by atoms with Gasteiger partial charge in [0.2, 0.25) is 6.04 Å². The zero-order chi connectivity index (χ0) is 16.1. The van der Waals surface area contributed by atoms with Crippen molar-refractivity contribution < 1.29 is 4.87 Å². The first-order chi connectivity index (χ1) is 10.3. The number of nitrogens with zero attached hydrogens (tertiary/aromatic N) is 4. The summed E-state index contributed by atoms with van der Waals surface area (Å²) >= 11 is 7.85. The second-order valence-electron chi connectivity index (χ2n) is 6.74. The van der Waals surface area contributed by atoms with E-state index in [9.17, 15) is 4.91 Å². The van der Waals surface area contributed by atoms with E-state index in [1.165, 1.54) is 16.8 Å². The second-order valence-corrected chi connectivity index (χ2v) is 8.18. The van der Waals surface area contributed by atoms with Gasteiger partial charge in [0.25, 0.3) is 0 Å². The van der Waals surface area contributed by atoms with Gasteiger partial charge in [-0.15, -0.1) is 16.3 Å². The largest absolute Gasteiger partial charge is 0.239 e. The van der Waals surface area contributed by atoms with Crippen molar-refractivity contribution in [2.75, 3.05) is 7.05 Å². The number of rotatable bonds is 2. The van der Waals surface area contributed by atoms with Crippen molar-refractivity contribution in [2.24, 2.45) is 0 Å². The SMILES string of the molecule is CN([N+](=O)C1CCc2c(sc3ncnc(Cl)c23)C1)C(C)(C)C. The fraction of sp³-hybridized carbons (Fsp3) is 0.600. The Labute approximate surface area is 138 Å². The lowest BCUT2D eigenvalue weighted by atomic mass is 9.93. The van der Waals surface area contributed by atoms with E-state index in [2.05, 4.69) is 9.97 Å². The van der Waals surface area contributed by atoms with Crippen molar-refractivity contribution in [3.05, 3.63) is 26.8 Å². The summed E-state index contributed by atoms with van der Waals surface area (Å²) in [5, 5.41) is 3.28. The number of hydrogen-bond donors (Lipinski definition) is 0. The summed E-state index contributed by atoms with van der Waals surface area (Å²) in [5.41, 5.74) is 1.05. The molecule has 5 nitrogen and oxygen atoms in total. The molecule has 2 heterocycles. The van der Waals surface area contributed by atoms with Gasteiger partial charge < -0.3 is 0 Å². The number of aryl methyl sites for hydroxylation is 1. The van der Waals surface area contributed by atoms with E-state index in [0.717, 1.165) is 34.3 Å². The topological polar surface area (TPSA) is 49.1 Å². The Bertz CT molecular complexity index is 737. The van der Waals surface area contributed by atoms with Gasteiger partial charge in [0.05, 0.1) is 29.3 Å². The van der Waals surface area contributed by atoms with Crippen LogP contribution in [0, 0.1) is 4.91 Å². The first kappa shape index (κ1) is 15.6. The molecule has 3 rings (SSSR count). The number of hydrazine groups is 1. The molecule has 0 aromatic carbocycles. The van der Waals surface area contributed by atoms with Crippen LogP contribution in [0.5, 0.6) is 0 Å². The molecule has 0 spiro atoms. The van der Waals surface area contributed by atoms with E-state index in [-0.39, 0.29) is 11.6 Å². The number of fused-ring (bicyclic) bond motifs is 3. The molecule has 2 aromatic rings. The molecule has 1 unspecified atom stereocenters. The first-order valence-electron chi connectivity index (χ1n) is 7.40. The van der Waals surface area contributed by atoms with E-state index < -0.39 is 0 Å². The highest BCUT2D eigenvalue weighted by atomic mass is 35.5. The van der Waals surface area contributed by atoms with Gasteiger partial charge in [-0.3, -0.25) is 0 Å². The molecule has 1 atom stereocenters. The van der Waals surface area contributed by atoms with Gasteiger partial charge >= 0.3 is 0 Å². The van der Waals surface area contributed by atoms with Crippen molar-refractivity contribution in [3.63, 3.8) is 0 Å². The van der Waals surface area contributed by atoms with Crippen LogP contribution in [0.4, 0.5) is 0 Å². The zero-order valence-electron chi connectivity index (χ0n) is 13.3. The lowest BCUT2D eigenvalue weighted by Crippen LogP contribution is -2.49. The number of halogens is 1. The summed E-state index contributed by atoms with van der Waals surface area (Å²) in [6.07, 6.45) is 3.92. The molecule has 0 fully saturated rings. The number of nitroso groups, excluding NO2 is 1. The maximum atomic E-state index is 12.6. The molecule has 0 radical (unpaired) electrons. The minimum atomic E-state index is -0.184. The lowest BCUT2D eigenvalue weighted by Gasteiger charge is -2.28. The second kappa shape index (κ2) is 5.42. The van der Waals surface area contributed by atoms with Gasteiger partial charge in [-0.25, -0.2) is 9.97 Å². The molecular formula is C15H20ClN4OS+. The van der Waals surface area contributed by atoms with Gasteiger partial charge in [-0.05, 0) is 32.8 Å². The Balaban J connectivity index is 1.90. The standard InChI is InChI=1S/C15H20ClN4OS/c1-15(2,3)19(4)20(21)9-5-6-10-11(7-9)22-14-12(10)13(16)17-8-18-14/h8-9H,5-7H2,1-4H3/q+1. The van der Waals surface area contributed by atoms with Crippen LogP contribution < -0.4 is 0 Å². The van der Waals surface area contributed by atoms with Crippen LogP contribution in [-0.4, -0.2) is 38.5 Å². The van der Waals surface area contributed by atoms with E-state index in [1.807, 2.05) is 27.8 Å². The van der Waals surface area contributed by atoms with E-state index in [4.69, 9.17) is 11.6 Å². The van der Waals surface area contributed by atoms with Crippen LogP contribution in [0.25, 0.3) is 10.2 Å². The van der Waals surface area contributed by atoms with Gasteiger partial charge in [0.15, 0.2) is 0 Å². The third-order valence-electron chi connectivity index (χ3n) is 4.35. The summed E-state index contributed by atoms with van der Waals surface area (Å²) in [7, 11) is 1.86. The predicted molar refractivity (Wildman–Crippen MR) is 89.4 cm³/mol. The lowest BCUT2D eigenvalue weighted by molar-refractivity contribution is -0.743. The number of thiophene rings is 1. The van der Waals surface area contributed by atoms with Crippen molar-refractivity contribution in [2.45, 2.75) is 51.6 Å². The Morgan fingerprint density at radius 1 is 1.41 bits per heavy atom. The molecule has 118 valence electrons. The minimum absolute atomic E-state index is 0.0310. The fourth-order valence-electron chi connectivity index (χ4n) is 2.78. The number of aromatic nitrogens is 2. The molecule has 22 heavy (non-hydrogen) atoms. The minimum Gasteiger partial charge on any atom is -0.225 e. The summed E-state index contributed by atoms with van der Waals surface area (Å²) in [6.45, 7) is 6.13. The van der Waals surface area contributed by atoms with Gasteiger partial charge in [0.1, 0.15) is 21.2 Å². The van der Waals surface area contributed by atoms with Gasteiger partial charge in [-0.1, -0.05) is 11.6 Å². The molecule has 0 bridgehead atoms. The fourth-order valence-corrected chi connectivity index (χ4v) is 4.34. The average Bonchev–Trinajstić information content (AvgIpc) is 2.83. The van der Waals surface area contributed by atoms with Crippen molar-refractivity contribution in [3.8, 4) is 0 Å². The van der Waals surface area contributed by atoms with Gasteiger partial charge in [-0.2, -0.15) is 0 Å². The summed E-state index contributed by atoms with van der Waals surface area (Å²) in [6, 6.07) is -0.0310.